The van der Waals surface area contributed by atoms with Crippen molar-refractivity contribution in [1.29, 1.82) is 0 Å². The number of anilines is 1. The predicted molar refractivity (Wildman–Crippen MR) is 85.4 cm³/mol. The van der Waals surface area contributed by atoms with Gasteiger partial charge in [0.05, 0.1) is 10.4 Å². The van der Waals surface area contributed by atoms with Gasteiger partial charge in [0, 0.05) is 6.54 Å². The molecule has 118 valence electrons. The normalized spacial score (nSPS) is 23.3. The van der Waals surface area contributed by atoms with E-state index in [0.29, 0.717) is 13.0 Å². The third-order valence-corrected chi connectivity index (χ3v) is 5.77. The Morgan fingerprint density at radius 1 is 1.41 bits per heavy atom. The number of hydrogen-bond acceptors (Lipinski definition) is 3. The third kappa shape index (κ3) is 2.72. The van der Waals surface area contributed by atoms with Gasteiger partial charge >= 0.3 is 0 Å². The van der Waals surface area contributed by atoms with Crippen molar-refractivity contribution in [3.8, 4) is 0 Å². The fourth-order valence-corrected chi connectivity index (χ4v) is 3.60. The maximum absolute atomic E-state index is 13.9. The molecular formula is C16H19FN2O2S. The highest BCUT2D eigenvalue weighted by Crippen LogP contribution is 2.47. The van der Waals surface area contributed by atoms with Crippen LogP contribution in [0.1, 0.15) is 25.7 Å². The van der Waals surface area contributed by atoms with Crippen LogP contribution < -0.4 is 10.2 Å². The average molecular weight is 322 g/mol. The minimum absolute atomic E-state index is 0.0614. The topological polar surface area (TPSA) is 49.4 Å². The van der Waals surface area contributed by atoms with Crippen molar-refractivity contribution in [2.24, 2.45) is 0 Å². The molecule has 4 nitrogen and oxygen atoms in total. The second kappa shape index (κ2) is 5.91. The molecule has 0 spiro atoms. The van der Waals surface area contributed by atoms with E-state index < -0.39 is 11.9 Å². The van der Waals surface area contributed by atoms with E-state index >= 15 is 0 Å². The van der Waals surface area contributed by atoms with Gasteiger partial charge in [0.15, 0.2) is 0 Å². The zero-order chi connectivity index (χ0) is 15.7. The summed E-state index contributed by atoms with van der Waals surface area (Å²) < 4.78 is 13.6. The molecular weight excluding hydrogens is 303 g/mol. The minimum Gasteiger partial charge on any atom is -0.343 e. The lowest BCUT2D eigenvalue weighted by Gasteiger charge is -2.33. The van der Waals surface area contributed by atoms with Crippen molar-refractivity contribution < 1.29 is 14.0 Å². The van der Waals surface area contributed by atoms with E-state index in [0.717, 1.165) is 19.3 Å². The van der Waals surface area contributed by atoms with Gasteiger partial charge in [-0.2, -0.15) is 0 Å². The summed E-state index contributed by atoms with van der Waals surface area (Å²) in [4.78, 5) is 26.3. The van der Waals surface area contributed by atoms with Crippen molar-refractivity contribution in [1.82, 2.24) is 5.32 Å². The minimum atomic E-state index is -0.550. The maximum atomic E-state index is 13.9. The zero-order valence-corrected chi connectivity index (χ0v) is 13.3. The molecule has 1 unspecified atom stereocenters. The number of halogens is 1. The summed E-state index contributed by atoms with van der Waals surface area (Å²) in [7, 11) is 0. The molecule has 2 amide bonds. The molecule has 1 aliphatic heterocycles. The number of carbonyl (C=O) groups excluding carboxylic acids is 2. The van der Waals surface area contributed by atoms with E-state index in [1.165, 1.54) is 22.7 Å². The summed E-state index contributed by atoms with van der Waals surface area (Å²) in [5, 5.41) is 2.87. The molecule has 0 bridgehead atoms. The van der Waals surface area contributed by atoms with Crippen LogP contribution in [0.5, 0.6) is 0 Å². The van der Waals surface area contributed by atoms with Crippen molar-refractivity contribution in [3.05, 3.63) is 30.1 Å². The second-order valence-electron chi connectivity index (χ2n) is 5.81. The Labute approximate surface area is 133 Å². The SMILES string of the molecule is CSC1(C(=O)NC2CCCN(c3ccccc3F)C2=O)CC1. The van der Waals surface area contributed by atoms with Gasteiger partial charge in [-0.3, -0.25) is 9.59 Å². The molecule has 0 aromatic heterocycles. The zero-order valence-electron chi connectivity index (χ0n) is 12.5. The summed E-state index contributed by atoms with van der Waals surface area (Å²) in [6, 6.07) is 5.70. The molecule has 6 heteroatoms. The monoisotopic (exact) mass is 322 g/mol. The van der Waals surface area contributed by atoms with Crippen LogP contribution >= 0.6 is 11.8 Å². The summed E-state index contributed by atoms with van der Waals surface area (Å²) in [6.07, 6.45) is 4.99. The number of piperidine rings is 1. The van der Waals surface area contributed by atoms with E-state index in [2.05, 4.69) is 5.32 Å². The number of thioether (sulfide) groups is 1. The van der Waals surface area contributed by atoms with Crippen molar-refractivity contribution in [3.63, 3.8) is 0 Å². The number of amides is 2. The molecule has 3 rings (SSSR count). The van der Waals surface area contributed by atoms with Crippen molar-refractivity contribution >= 4 is 29.3 Å². The average Bonchev–Trinajstić information content (AvgIpc) is 3.31. The van der Waals surface area contributed by atoms with Gasteiger partial charge in [-0.25, -0.2) is 4.39 Å². The number of para-hydroxylation sites is 1. The van der Waals surface area contributed by atoms with Crippen LogP contribution in [0.2, 0.25) is 0 Å². The summed E-state index contributed by atoms with van der Waals surface area (Å²) in [5.74, 6) is -0.694. The number of nitrogens with zero attached hydrogens (tertiary/aromatic N) is 1. The molecule has 1 aromatic rings. The first-order valence-electron chi connectivity index (χ1n) is 7.49. The standard InChI is InChI=1S/C16H19FN2O2S/c1-22-16(8-9-16)15(21)18-12-6-4-10-19(14(12)20)13-7-3-2-5-11(13)17/h2-3,5,7,12H,4,6,8-10H2,1H3,(H,18,21). The molecule has 1 saturated heterocycles. The Kier molecular flexibility index (Phi) is 4.12. The summed E-state index contributed by atoms with van der Waals surface area (Å²) >= 11 is 1.54. The van der Waals surface area contributed by atoms with Crippen LogP contribution in [-0.4, -0.2) is 35.4 Å². The first-order valence-corrected chi connectivity index (χ1v) is 8.72. The smallest absolute Gasteiger partial charge is 0.249 e. The Hall–Kier alpha value is -1.56. The van der Waals surface area contributed by atoms with Crippen LogP contribution in [0.3, 0.4) is 0 Å². The summed E-state index contributed by atoms with van der Waals surface area (Å²) in [5.41, 5.74) is 0.289. The Morgan fingerprint density at radius 2 is 2.14 bits per heavy atom. The Balaban J connectivity index is 1.73. The maximum Gasteiger partial charge on any atom is 0.249 e. The first-order chi connectivity index (χ1) is 10.6. The van der Waals surface area contributed by atoms with Crippen LogP contribution in [0.25, 0.3) is 0 Å². The van der Waals surface area contributed by atoms with Crippen LogP contribution in [0.15, 0.2) is 24.3 Å². The Bertz CT molecular complexity index is 604. The van der Waals surface area contributed by atoms with Crippen LogP contribution in [-0.2, 0) is 9.59 Å². The Morgan fingerprint density at radius 3 is 2.77 bits per heavy atom. The number of rotatable bonds is 4. The van der Waals surface area contributed by atoms with Gasteiger partial charge in [0.25, 0.3) is 0 Å². The predicted octanol–water partition coefficient (Wildman–Crippen LogP) is 2.33. The van der Waals surface area contributed by atoms with Crippen LogP contribution in [0, 0.1) is 5.82 Å². The molecule has 2 fully saturated rings. The van der Waals surface area contributed by atoms with E-state index in [9.17, 15) is 14.0 Å². The molecule has 1 atom stereocenters. The van der Waals surface area contributed by atoms with Gasteiger partial charge in [-0.1, -0.05) is 12.1 Å². The molecule has 1 saturated carbocycles. The van der Waals surface area contributed by atoms with E-state index in [4.69, 9.17) is 0 Å². The number of carbonyl (C=O) groups is 2. The number of hydrogen-bond donors (Lipinski definition) is 1. The largest absolute Gasteiger partial charge is 0.343 e. The highest BCUT2D eigenvalue weighted by Gasteiger charge is 2.50. The summed E-state index contributed by atoms with van der Waals surface area (Å²) in [6.45, 7) is 0.486. The quantitative estimate of drug-likeness (QED) is 0.925. The second-order valence-corrected chi connectivity index (χ2v) is 7.00. The highest BCUT2D eigenvalue weighted by molar-refractivity contribution is 8.01. The first kappa shape index (κ1) is 15.3. The fourth-order valence-electron chi connectivity index (χ4n) is 2.85. The van der Waals surface area contributed by atoms with Gasteiger partial charge in [-0.15, -0.1) is 11.8 Å². The van der Waals surface area contributed by atoms with Crippen molar-refractivity contribution in [2.75, 3.05) is 17.7 Å². The molecule has 0 radical (unpaired) electrons. The lowest BCUT2D eigenvalue weighted by Crippen LogP contribution is -2.54. The van der Waals surface area contributed by atoms with Gasteiger partial charge < -0.3 is 10.2 Å². The fraction of sp³-hybridized carbons (Fsp3) is 0.500. The molecule has 1 aromatic carbocycles. The lowest BCUT2D eigenvalue weighted by molar-refractivity contribution is -0.128. The lowest BCUT2D eigenvalue weighted by atomic mass is 10.0. The van der Waals surface area contributed by atoms with Gasteiger partial charge in [0.2, 0.25) is 11.8 Å². The van der Waals surface area contributed by atoms with E-state index in [1.807, 2.05) is 6.26 Å². The third-order valence-electron chi connectivity index (χ3n) is 4.40. The number of nitrogens with one attached hydrogen (secondary N) is 1. The number of benzene rings is 1. The molecule has 1 N–H and O–H groups in total. The van der Waals surface area contributed by atoms with E-state index in [1.54, 1.807) is 18.2 Å². The molecule has 2 aliphatic rings. The van der Waals surface area contributed by atoms with Crippen LogP contribution in [0.4, 0.5) is 10.1 Å². The van der Waals surface area contributed by atoms with Crippen molar-refractivity contribution in [2.45, 2.75) is 36.5 Å². The van der Waals surface area contributed by atoms with Gasteiger partial charge in [0.1, 0.15) is 11.9 Å². The molecule has 1 heterocycles. The van der Waals surface area contributed by atoms with E-state index in [-0.39, 0.29) is 22.2 Å². The highest BCUT2D eigenvalue weighted by atomic mass is 32.2. The van der Waals surface area contributed by atoms with Gasteiger partial charge in [-0.05, 0) is 44.1 Å². The molecule has 22 heavy (non-hydrogen) atoms. The molecule has 1 aliphatic carbocycles.